The molecule has 4 N–H and O–H groups in total. The zero-order valence-corrected chi connectivity index (χ0v) is 15.6. The summed E-state index contributed by atoms with van der Waals surface area (Å²) in [6.07, 6.45) is 4.68. The lowest BCUT2D eigenvalue weighted by Gasteiger charge is -2.28. The highest BCUT2D eigenvalue weighted by Crippen LogP contribution is 2.29. The third-order valence-electron chi connectivity index (χ3n) is 4.86. The van der Waals surface area contributed by atoms with Crippen LogP contribution >= 0.6 is 0 Å². The molecule has 2 aromatic rings. The van der Waals surface area contributed by atoms with E-state index in [4.69, 9.17) is 5.73 Å². The van der Waals surface area contributed by atoms with Crippen molar-refractivity contribution in [1.29, 1.82) is 0 Å². The Bertz CT molecular complexity index is 812. The van der Waals surface area contributed by atoms with Gasteiger partial charge in [-0.2, -0.15) is 0 Å². The largest absolute Gasteiger partial charge is 0.393 e. The van der Waals surface area contributed by atoms with Gasteiger partial charge in [0, 0.05) is 33.7 Å². The van der Waals surface area contributed by atoms with Crippen molar-refractivity contribution in [2.24, 2.45) is 5.73 Å². The number of rotatable bonds is 5. The van der Waals surface area contributed by atoms with E-state index in [0.717, 1.165) is 47.4 Å². The van der Waals surface area contributed by atoms with Crippen molar-refractivity contribution in [2.75, 3.05) is 11.6 Å². The number of aliphatic hydroxyl groups excluding tert-OH is 1. The molecule has 1 unspecified atom stereocenters. The van der Waals surface area contributed by atoms with Crippen LogP contribution in [-0.4, -0.2) is 33.6 Å². The fourth-order valence-electron chi connectivity index (χ4n) is 3.34. The van der Waals surface area contributed by atoms with Crippen molar-refractivity contribution in [3.63, 3.8) is 0 Å². The molecular formula is C20H24N2O3S. The first-order valence-corrected chi connectivity index (χ1v) is 10.3. The summed E-state index contributed by atoms with van der Waals surface area (Å²) in [6.45, 7) is 0. The molecule has 1 amide bonds. The zero-order chi connectivity index (χ0) is 18.7. The molecule has 5 nitrogen and oxygen atoms in total. The van der Waals surface area contributed by atoms with Crippen molar-refractivity contribution in [1.82, 2.24) is 0 Å². The normalized spacial score (nSPS) is 21.2. The summed E-state index contributed by atoms with van der Waals surface area (Å²) in [4.78, 5) is 12.6. The van der Waals surface area contributed by atoms with Gasteiger partial charge in [-0.25, -0.2) is 0 Å². The van der Waals surface area contributed by atoms with E-state index in [0.29, 0.717) is 5.56 Å². The second-order valence-electron chi connectivity index (χ2n) is 6.75. The van der Waals surface area contributed by atoms with E-state index in [-0.39, 0.29) is 12.1 Å². The molecule has 138 valence electrons. The van der Waals surface area contributed by atoms with Crippen LogP contribution in [0.5, 0.6) is 0 Å². The Balaban J connectivity index is 1.88. The highest BCUT2D eigenvalue weighted by molar-refractivity contribution is 7.84. The van der Waals surface area contributed by atoms with Crippen LogP contribution in [0, 0.1) is 0 Å². The molecule has 0 aliphatic heterocycles. The topological polar surface area (TPSA) is 92.4 Å². The third-order valence-corrected chi connectivity index (χ3v) is 5.80. The summed E-state index contributed by atoms with van der Waals surface area (Å²) in [5.41, 5.74) is 8.66. The number of carbonyl (C=O) groups is 1. The average molecular weight is 372 g/mol. The quantitative estimate of drug-likeness (QED) is 0.752. The first-order chi connectivity index (χ1) is 12.4. The lowest BCUT2D eigenvalue weighted by atomic mass is 9.92. The standard InChI is InChI=1S/C20H24N2O3S/c1-26(25)17-9-2-13(3-10-17)14-4-11-18(20(21)24)19(12-14)22-15-5-7-16(23)8-6-15/h2-4,9-12,15-16,22-23H,5-8H2,1H3,(H2,21,24). The number of hydrogen-bond acceptors (Lipinski definition) is 4. The van der Waals surface area contributed by atoms with E-state index in [1.54, 1.807) is 12.3 Å². The van der Waals surface area contributed by atoms with Gasteiger partial charge in [0.1, 0.15) is 0 Å². The molecule has 0 aromatic heterocycles. The molecule has 0 heterocycles. The fourth-order valence-corrected chi connectivity index (χ4v) is 3.86. The number of hydrogen-bond donors (Lipinski definition) is 3. The van der Waals surface area contributed by atoms with Crippen molar-refractivity contribution >= 4 is 22.4 Å². The van der Waals surface area contributed by atoms with E-state index >= 15 is 0 Å². The molecule has 6 heteroatoms. The van der Waals surface area contributed by atoms with Gasteiger partial charge in [-0.15, -0.1) is 0 Å². The number of primary amides is 1. The molecule has 3 rings (SSSR count). The smallest absolute Gasteiger partial charge is 0.250 e. The van der Waals surface area contributed by atoms with Crippen LogP contribution < -0.4 is 11.1 Å². The highest BCUT2D eigenvalue weighted by atomic mass is 32.2. The van der Waals surface area contributed by atoms with Crippen molar-refractivity contribution < 1.29 is 14.1 Å². The first-order valence-electron chi connectivity index (χ1n) is 8.76. The number of nitrogens with one attached hydrogen (secondary N) is 1. The second-order valence-corrected chi connectivity index (χ2v) is 8.13. The monoisotopic (exact) mass is 372 g/mol. The number of carbonyl (C=O) groups excluding carboxylic acids is 1. The Morgan fingerprint density at radius 1 is 1.08 bits per heavy atom. The molecule has 1 saturated carbocycles. The van der Waals surface area contributed by atoms with E-state index in [2.05, 4.69) is 5.32 Å². The highest BCUT2D eigenvalue weighted by Gasteiger charge is 2.21. The van der Waals surface area contributed by atoms with E-state index in [9.17, 15) is 14.1 Å². The summed E-state index contributed by atoms with van der Waals surface area (Å²) in [7, 11) is -1.01. The molecule has 1 atom stereocenters. The molecule has 0 bridgehead atoms. The summed E-state index contributed by atoms with van der Waals surface area (Å²) in [5.74, 6) is -0.466. The fraction of sp³-hybridized carbons (Fsp3) is 0.350. The SMILES string of the molecule is CS(=O)c1ccc(-c2ccc(C(N)=O)c(NC3CCC(O)CC3)c2)cc1. The van der Waals surface area contributed by atoms with Gasteiger partial charge >= 0.3 is 0 Å². The lowest BCUT2D eigenvalue weighted by Crippen LogP contribution is -2.29. The number of anilines is 1. The maximum atomic E-state index is 11.8. The van der Waals surface area contributed by atoms with Crippen molar-refractivity contribution in [3.05, 3.63) is 48.0 Å². The van der Waals surface area contributed by atoms with Crippen LogP contribution in [0.15, 0.2) is 47.4 Å². The van der Waals surface area contributed by atoms with E-state index < -0.39 is 16.7 Å². The van der Waals surface area contributed by atoms with Gasteiger partial charge in [0.05, 0.1) is 11.7 Å². The summed E-state index contributed by atoms with van der Waals surface area (Å²) in [6, 6.07) is 13.3. The Morgan fingerprint density at radius 2 is 1.69 bits per heavy atom. The van der Waals surface area contributed by atoms with Crippen LogP contribution in [0.4, 0.5) is 5.69 Å². The van der Waals surface area contributed by atoms with Crippen molar-refractivity contribution in [2.45, 2.75) is 42.7 Å². The van der Waals surface area contributed by atoms with Gasteiger partial charge in [0.15, 0.2) is 0 Å². The molecular weight excluding hydrogens is 348 g/mol. The predicted molar refractivity (Wildman–Crippen MR) is 105 cm³/mol. The van der Waals surface area contributed by atoms with Gasteiger partial charge in [-0.3, -0.25) is 9.00 Å². The molecule has 0 radical (unpaired) electrons. The van der Waals surface area contributed by atoms with Gasteiger partial charge in [-0.1, -0.05) is 18.2 Å². The third kappa shape index (κ3) is 4.31. The number of aliphatic hydroxyl groups is 1. The molecule has 1 aliphatic rings. The zero-order valence-electron chi connectivity index (χ0n) is 14.8. The maximum absolute atomic E-state index is 11.8. The minimum atomic E-state index is -1.01. The second kappa shape index (κ2) is 8.01. The molecule has 26 heavy (non-hydrogen) atoms. The Morgan fingerprint density at radius 3 is 2.27 bits per heavy atom. The molecule has 0 spiro atoms. The van der Waals surface area contributed by atoms with Crippen LogP contribution in [0.3, 0.4) is 0 Å². The Hall–Kier alpha value is -2.18. The van der Waals surface area contributed by atoms with Gasteiger partial charge in [0.2, 0.25) is 0 Å². The number of benzene rings is 2. The number of amides is 1. The molecule has 2 aromatic carbocycles. The van der Waals surface area contributed by atoms with Crippen LogP contribution in [-0.2, 0) is 10.8 Å². The predicted octanol–water partition coefficient (Wildman–Crippen LogP) is 2.91. The summed E-state index contributed by atoms with van der Waals surface area (Å²) < 4.78 is 11.5. The minimum absolute atomic E-state index is 0.219. The first kappa shape index (κ1) is 18.6. The van der Waals surface area contributed by atoms with Crippen LogP contribution in [0.2, 0.25) is 0 Å². The van der Waals surface area contributed by atoms with Crippen LogP contribution in [0.1, 0.15) is 36.0 Å². The lowest BCUT2D eigenvalue weighted by molar-refractivity contribution is 0.100. The Kier molecular flexibility index (Phi) is 5.74. The maximum Gasteiger partial charge on any atom is 0.250 e. The van der Waals surface area contributed by atoms with Gasteiger partial charge in [-0.05, 0) is 61.1 Å². The van der Waals surface area contributed by atoms with Gasteiger partial charge < -0.3 is 16.2 Å². The van der Waals surface area contributed by atoms with Crippen LogP contribution in [0.25, 0.3) is 11.1 Å². The van der Waals surface area contributed by atoms with Gasteiger partial charge in [0.25, 0.3) is 5.91 Å². The van der Waals surface area contributed by atoms with E-state index in [1.165, 1.54) is 0 Å². The van der Waals surface area contributed by atoms with E-state index in [1.807, 2.05) is 36.4 Å². The summed E-state index contributed by atoms with van der Waals surface area (Å²) in [5, 5.41) is 13.1. The van der Waals surface area contributed by atoms with Crippen molar-refractivity contribution in [3.8, 4) is 11.1 Å². The Labute approximate surface area is 156 Å². The molecule has 1 fully saturated rings. The molecule has 0 saturated heterocycles. The minimum Gasteiger partial charge on any atom is -0.393 e. The number of nitrogens with two attached hydrogens (primary N) is 1. The summed E-state index contributed by atoms with van der Waals surface area (Å²) >= 11 is 0. The molecule has 1 aliphatic carbocycles. The average Bonchev–Trinajstić information content (AvgIpc) is 2.63.